The molecule has 0 atom stereocenters. The lowest BCUT2D eigenvalue weighted by atomic mass is 10.2. The minimum absolute atomic E-state index is 0.312. The largest absolute Gasteiger partial charge is 0.497 e. The van der Waals surface area contributed by atoms with Crippen molar-refractivity contribution in [2.24, 2.45) is 4.99 Å². The Kier molecular flexibility index (Phi) is 5.69. The van der Waals surface area contributed by atoms with Crippen LogP contribution in [0.5, 0.6) is 5.75 Å². The second-order valence-corrected chi connectivity index (χ2v) is 3.50. The van der Waals surface area contributed by atoms with Crippen LogP contribution in [0.15, 0.2) is 35.3 Å². The van der Waals surface area contributed by atoms with Crippen LogP contribution in [0.1, 0.15) is 5.56 Å². The SMILES string of the molecule is COc1ccc(/C=C/C/N=C(\S)NC#N)cc1. The third-order valence-electron chi connectivity index (χ3n) is 1.94. The fourth-order valence-corrected chi connectivity index (χ4v) is 1.26. The molecular weight excluding hydrogens is 234 g/mol. The standard InChI is InChI=1S/C12H13N3OS/c1-16-11-6-4-10(5-7-11)3-2-8-14-12(17)15-9-13/h2-7H,8H2,1H3,(H2,14,15,17)/b3-2+. The number of hydrogen-bond acceptors (Lipinski definition) is 3. The van der Waals surface area contributed by atoms with Gasteiger partial charge in [-0.3, -0.25) is 10.3 Å². The predicted molar refractivity (Wildman–Crippen MR) is 72.1 cm³/mol. The molecule has 0 fully saturated rings. The average molecular weight is 247 g/mol. The molecule has 88 valence electrons. The molecule has 0 unspecified atom stereocenters. The first-order valence-electron chi connectivity index (χ1n) is 4.95. The Balaban J connectivity index is 2.48. The first-order valence-corrected chi connectivity index (χ1v) is 5.40. The van der Waals surface area contributed by atoms with Gasteiger partial charge in [0.25, 0.3) is 0 Å². The van der Waals surface area contributed by atoms with Gasteiger partial charge in [-0.1, -0.05) is 24.3 Å². The van der Waals surface area contributed by atoms with E-state index in [1.165, 1.54) is 0 Å². The molecule has 0 aromatic heterocycles. The Morgan fingerprint density at radius 1 is 1.53 bits per heavy atom. The first-order chi connectivity index (χ1) is 8.26. The highest BCUT2D eigenvalue weighted by molar-refractivity contribution is 7.96. The van der Waals surface area contributed by atoms with Gasteiger partial charge in [0.2, 0.25) is 0 Å². The van der Waals surface area contributed by atoms with E-state index in [0.717, 1.165) is 11.3 Å². The second-order valence-electron chi connectivity index (χ2n) is 3.08. The number of nitrogens with one attached hydrogen (secondary N) is 1. The van der Waals surface area contributed by atoms with E-state index in [1.54, 1.807) is 13.3 Å². The number of methoxy groups -OCH3 is 1. The van der Waals surface area contributed by atoms with E-state index in [4.69, 9.17) is 10.00 Å². The summed E-state index contributed by atoms with van der Waals surface area (Å²) in [5.74, 6) is 0.830. The third-order valence-corrected chi connectivity index (χ3v) is 2.19. The molecule has 0 amide bonds. The Morgan fingerprint density at radius 2 is 2.24 bits per heavy atom. The number of nitrogens with zero attached hydrogens (tertiary/aromatic N) is 2. The first kappa shape index (κ1) is 13.1. The summed E-state index contributed by atoms with van der Waals surface area (Å²) < 4.78 is 5.06. The maximum absolute atomic E-state index is 8.30. The highest BCUT2D eigenvalue weighted by Gasteiger charge is 1.89. The zero-order valence-corrected chi connectivity index (χ0v) is 10.3. The fourth-order valence-electron chi connectivity index (χ4n) is 1.13. The van der Waals surface area contributed by atoms with Gasteiger partial charge in [0.15, 0.2) is 11.4 Å². The van der Waals surface area contributed by atoms with Gasteiger partial charge in [0.1, 0.15) is 5.75 Å². The molecule has 1 aromatic rings. The monoisotopic (exact) mass is 247 g/mol. The van der Waals surface area contributed by atoms with Crippen LogP contribution in [-0.4, -0.2) is 18.8 Å². The maximum atomic E-state index is 8.30. The van der Waals surface area contributed by atoms with E-state index in [1.807, 2.05) is 36.4 Å². The van der Waals surface area contributed by atoms with Crippen molar-refractivity contribution in [1.82, 2.24) is 5.32 Å². The summed E-state index contributed by atoms with van der Waals surface area (Å²) in [4.78, 5) is 4.00. The molecule has 1 rings (SSSR count). The van der Waals surface area contributed by atoms with E-state index >= 15 is 0 Å². The van der Waals surface area contributed by atoms with Crippen LogP contribution in [0.25, 0.3) is 6.08 Å². The Bertz CT molecular complexity index is 446. The van der Waals surface area contributed by atoms with Gasteiger partial charge in [-0.25, -0.2) is 0 Å². The molecule has 5 heteroatoms. The molecule has 4 nitrogen and oxygen atoms in total. The van der Waals surface area contributed by atoms with E-state index in [2.05, 4.69) is 22.9 Å². The van der Waals surface area contributed by atoms with Crippen LogP contribution in [0.3, 0.4) is 0 Å². The topological polar surface area (TPSA) is 57.4 Å². The van der Waals surface area contributed by atoms with Gasteiger partial charge in [-0.15, -0.1) is 12.6 Å². The normalized spacial score (nSPS) is 11.2. The quantitative estimate of drug-likeness (QED) is 0.281. The van der Waals surface area contributed by atoms with Crippen LogP contribution in [0.4, 0.5) is 0 Å². The van der Waals surface area contributed by atoms with Crippen molar-refractivity contribution in [3.8, 4) is 11.9 Å². The molecule has 17 heavy (non-hydrogen) atoms. The minimum Gasteiger partial charge on any atom is -0.497 e. The van der Waals surface area contributed by atoms with Crippen molar-refractivity contribution in [3.63, 3.8) is 0 Å². The number of thiol groups is 1. The molecule has 0 spiro atoms. The van der Waals surface area contributed by atoms with Crippen molar-refractivity contribution < 1.29 is 4.74 Å². The second kappa shape index (κ2) is 7.36. The van der Waals surface area contributed by atoms with Crippen LogP contribution < -0.4 is 10.1 Å². The smallest absolute Gasteiger partial charge is 0.183 e. The summed E-state index contributed by atoms with van der Waals surface area (Å²) in [6.07, 6.45) is 5.57. The highest BCUT2D eigenvalue weighted by Crippen LogP contribution is 2.12. The van der Waals surface area contributed by atoms with Crippen LogP contribution in [0, 0.1) is 11.5 Å². The van der Waals surface area contributed by atoms with Crippen LogP contribution in [0.2, 0.25) is 0 Å². The molecule has 1 N–H and O–H groups in total. The van der Waals surface area contributed by atoms with Crippen LogP contribution >= 0.6 is 12.6 Å². The van der Waals surface area contributed by atoms with Gasteiger partial charge in [0.05, 0.1) is 13.7 Å². The number of rotatable bonds is 4. The maximum Gasteiger partial charge on any atom is 0.183 e. The van der Waals surface area contributed by atoms with Crippen molar-refractivity contribution in [2.45, 2.75) is 0 Å². The van der Waals surface area contributed by atoms with E-state index < -0.39 is 0 Å². The van der Waals surface area contributed by atoms with Gasteiger partial charge in [-0.2, -0.15) is 5.26 Å². The van der Waals surface area contributed by atoms with Crippen LogP contribution in [-0.2, 0) is 0 Å². The molecule has 0 aliphatic heterocycles. The fraction of sp³-hybridized carbons (Fsp3) is 0.167. The minimum atomic E-state index is 0.312. The van der Waals surface area contributed by atoms with Gasteiger partial charge in [-0.05, 0) is 17.7 Å². The number of nitriles is 1. The van der Waals surface area contributed by atoms with Gasteiger partial charge < -0.3 is 4.74 Å². The summed E-state index contributed by atoms with van der Waals surface area (Å²) in [6.45, 7) is 0.472. The van der Waals surface area contributed by atoms with E-state index in [9.17, 15) is 0 Å². The lowest BCUT2D eigenvalue weighted by molar-refractivity contribution is 0.415. The highest BCUT2D eigenvalue weighted by atomic mass is 32.1. The number of aliphatic imine (C=N–C) groups is 1. The summed E-state index contributed by atoms with van der Waals surface area (Å²) in [5, 5.41) is 10.9. The Hall–Kier alpha value is -1.93. The van der Waals surface area contributed by atoms with Crippen molar-refractivity contribution >= 4 is 23.9 Å². The van der Waals surface area contributed by atoms with Crippen molar-refractivity contribution in [2.75, 3.05) is 13.7 Å². The summed E-state index contributed by atoms with van der Waals surface area (Å²) in [5.41, 5.74) is 1.06. The van der Waals surface area contributed by atoms with Crippen molar-refractivity contribution in [1.29, 1.82) is 5.26 Å². The molecular formula is C12H13N3OS. The lowest BCUT2D eigenvalue weighted by Gasteiger charge is -1.98. The van der Waals surface area contributed by atoms with Crippen molar-refractivity contribution in [3.05, 3.63) is 35.9 Å². The molecule has 0 radical (unpaired) electrons. The molecule has 1 aromatic carbocycles. The van der Waals surface area contributed by atoms with E-state index in [0.29, 0.717) is 11.7 Å². The van der Waals surface area contributed by atoms with Gasteiger partial charge >= 0.3 is 0 Å². The molecule has 0 bridgehead atoms. The zero-order valence-electron chi connectivity index (χ0n) is 9.42. The molecule has 0 saturated carbocycles. The Morgan fingerprint density at radius 3 is 2.82 bits per heavy atom. The molecule has 0 aliphatic rings. The number of amidine groups is 1. The predicted octanol–water partition coefficient (Wildman–Crippen LogP) is 2.06. The zero-order chi connectivity index (χ0) is 12.5. The van der Waals surface area contributed by atoms with E-state index in [-0.39, 0.29) is 0 Å². The Labute approximate surface area is 106 Å². The molecule has 0 saturated heterocycles. The summed E-state index contributed by atoms with van der Waals surface area (Å²) in [7, 11) is 1.63. The molecule has 0 aliphatic carbocycles. The third kappa shape index (κ3) is 5.09. The number of benzene rings is 1. The average Bonchev–Trinajstić information content (AvgIpc) is 2.36. The summed E-state index contributed by atoms with van der Waals surface area (Å²) >= 11 is 3.96. The number of hydrogen-bond donors (Lipinski definition) is 2. The summed E-state index contributed by atoms with van der Waals surface area (Å²) in [6, 6.07) is 7.69. The van der Waals surface area contributed by atoms with Gasteiger partial charge in [0, 0.05) is 0 Å². The lowest BCUT2D eigenvalue weighted by Crippen LogP contribution is -2.10. The molecule has 0 heterocycles. The number of ether oxygens (including phenoxy) is 1.